The third kappa shape index (κ3) is 4.74. The second-order valence-electron chi connectivity index (χ2n) is 8.78. The lowest BCUT2D eigenvalue weighted by Crippen LogP contribution is -2.44. The van der Waals surface area contributed by atoms with E-state index in [4.69, 9.17) is 9.63 Å². The van der Waals surface area contributed by atoms with Crippen molar-refractivity contribution in [2.45, 2.75) is 25.4 Å². The Kier molecular flexibility index (Phi) is 6.06. The van der Waals surface area contributed by atoms with Crippen LogP contribution in [0.25, 0.3) is 11.4 Å². The smallest absolute Gasteiger partial charge is 0.335 e. The van der Waals surface area contributed by atoms with Gasteiger partial charge >= 0.3 is 5.97 Å². The first-order chi connectivity index (χ1) is 16.1. The van der Waals surface area contributed by atoms with E-state index in [0.717, 1.165) is 62.5 Å². The van der Waals surface area contributed by atoms with E-state index in [0.29, 0.717) is 23.8 Å². The molecule has 4 heterocycles. The maximum Gasteiger partial charge on any atom is 0.335 e. The average molecular weight is 449 g/mol. The molecule has 172 valence electrons. The molecule has 2 fully saturated rings. The molecule has 1 aromatic carbocycles. The van der Waals surface area contributed by atoms with Crippen molar-refractivity contribution in [3.63, 3.8) is 0 Å². The Labute approximate surface area is 192 Å². The minimum Gasteiger partial charge on any atom is -0.478 e. The Morgan fingerprint density at radius 2 is 1.88 bits per heavy atom. The van der Waals surface area contributed by atoms with Gasteiger partial charge in [0.1, 0.15) is 5.82 Å². The van der Waals surface area contributed by atoms with Crippen LogP contribution in [-0.4, -0.2) is 75.8 Å². The number of piperazine rings is 1. The van der Waals surface area contributed by atoms with Gasteiger partial charge in [0, 0.05) is 44.5 Å². The van der Waals surface area contributed by atoms with Crippen LogP contribution in [0.15, 0.2) is 47.1 Å². The normalized spacial score (nSPS) is 19.8. The molecule has 33 heavy (non-hydrogen) atoms. The van der Waals surface area contributed by atoms with E-state index in [1.807, 2.05) is 30.5 Å². The summed E-state index contributed by atoms with van der Waals surface area (Å²) in [4.78, 5) is 27.3. The Hall–Kier alpha value is -3.30. The number of hydrogen-bond acceptors (Lipinski definition) is 8. The number of likely N-dealkylation sites (tertiary alicyclic amines) is 1. The fourth-order valence-corrected chi connectivity index (χ4v) is 4.51. The summed E-state index contributed by atoms with van der Waals surface area (Å²) in [6, 6.07) is 11.1. The van der Waals surface area contributed by atoms with Crippen LogP contribution < -0.4 is 4.90 Å². The molecule has 0 radical (unpaired) electrons. The van der Waals surface area contributed by atoms with Crippen molar-refractivity contribution in [3.05, 3.63) is 59.6 Å². The second kappa shape index (κ2) is 9.29. The van der Waals surface area contributed by atoms with Crippen LogP contribution in [0.2, 0.25) is 0 Å². The molecule has 9 heteroatoms. The van der Waals surface area contributed by atoms with Crippen LogP contribution in [-0.2, 0) is 6.54 Å². The summed E-state index contributed by atoms with van der Waals surface area (Å²) in [7, 11) is 2.14. The standard InChI is InChI=1S/C24H28N6O3/c1-28-11-13-29(14-12-28)21-9-8-19(15-25-21)22-26-23(33-27-22)20-3-2-10-30(20)16-17-4-6-18(7-5-17)24(31)32/h4-9,15,20H,2-3,10-14,16H2,1H3,(H,31,32). The fourth-order valence-electron chi connectivity index (χ4n) is 4.51. The Morgan fingerprint density at radius 1 is 1.09 bits per heavy atom. The topological polar surface area (TPSA) is 98.8 Å². The number of carboxylic acid groups (broad SMARTS) is 1. The highest BCUT2D eigenvalue weighted by molar-refractivity contribution is 5.87. The minimum absolute atomic E-state index is 0.0583. The van der Waals surface area contributed by atoms with E-state index in [-0.39, 0.29) is 6.04 Å². The highest BCUT2D eigenvalue weighted by Crippen LogP contribution is 2.33. The van der Waals surface area contributed by atoms with Gasteiger partial charge in [0.15, 0.2) is 0 Å². The van der Waals surface area contributed by atoms with Crippen molar-refractivity contribution >= 4 is 11.8 Å². The molecule has 2 saturated heterocycles. The van der Waals surface area contributed by atoms with E-state index in [1.165, 1.54) is 0 Å². The first-order valence-corrected chi connectivity index (χ1v) is 11.4. The van der Waals surface area contributed by atoms with Gasteiger partial charge in [-0.25, -0.2) is 9.78 Å². The number of rotatable bonds is 6. The molecule has 1 unspecified atom stereocenters. The van der Waals surface area contributed by atoms with Gasteiger partial charge in [-0.1, -0.05) is 17.3 Å². The van der Waals surface area contributed by atoms with Crippen LogP contribution in [0.3, 0.4) is 0 Å². The van der Waals surface area contributed by atoms with Gasteiger partial charge in [-0.3, -0.25) is 4.90 Å². The van der Waals surface area contributed by atoms with E-state index in [2.05, 4.69) is 36.9 Å². The number of pyridine rings is 1. The van der Waals surface area contributed by atoms with E-state index in [1.54, 1.807) is 12.1 Å². The van der Waals surface area contributed by atoms with Crippen LogP contribution in [0.5, 0.6) is 0 Å². The highest BCUT2D eigenvalue weighted by Gasteiger charge is 2.31. The Bertz CT molecular complexity index is 1090. The summed E-state index contributed by atoms with van der Waals surface area (Å²) in [5.41, 5.74) is 2.21. The van der Waals surface area contributed by atoms with Crippen molar-refractivity contribution < 1.29 is 14.4 Å². The van der Waals surface area contributed by atoms with Crippen molar-refractivity contribution in [3.8, 4) is 11.4 Å². The monoisotopic (exact) mass is 448 g/mol. The van der Waals surface area contributed by atoms with Gasteiger partial charge in [0.05, 0.1) is 11.6 Å². The van der Waals surface area contributed by atoms with E-state index >= 15 is 0 Å². The summed E-state index contributed by atoms with van der Waals surface area (Å²) in [6.07, 6.45) is 3.82. The molecule has 2 aliphatic heterocycles. The third-order valence-electron chi connectivity index (χ3n) is 6.51. The molecule has 1 N–H and O–H groups in total. The highest BCUT2D eigenvalue weighted by atomic mass is 16.5. The first kappa shape index (κ1) is 21.5. The number of nitrogens with zero attached hydrogens (tertiary/aromatic N) is 6. The number of aromatic carboxylic acids is 1. The van der Waals surface area contributed by atoms with Gasteiger partial charge < -0.3 is 19.4 Å². The maximum absolute atomic E-state index is 11.1. The number of likely N-dealkylation sites (N-methyl/N-ethyl adjacent to an activating group) is 1. The predicted molar refractivity (Wildman–Crippen MR) is 123 cm³/mol. The van der Waals surface area contributed by atoms with Gasteiger partial charge in [-0.2, -0.15) is 4.98 Å². The molecule has 3 aromatic rings. The maximum atomic E-state index is 11.1. The zero-order valence-corrected chi connectivity index (χ0v) is 18.7. The lowest BCUT2D eigenvalue weighted by atomic mass is 10.1. The quantitative estimate of drug-likeness (QED) is 0.610. The number of benzene rings is 1. The lowest BCUT2D eigenvalue weighted by Gasteiger charge is -2.33. The van der Waals surface area contributed by atoms with Gasteiger partial charge in [-0.05, 0) is 56.3 Å². The number of hydrogen-bond donors (Lipinski definition) is 1. The molecule has 0 saturated carbocycles. The molecule has 1 atom stereocenters. The average Bonchev–Trinajstić information content (AvgIpc) is 3.50. The van der Waals surface area contributed by atoms with E-state index in [9.17, 15) is 4.79 Å². The van der Waals surface area contributed by atoms with Gasteiger partial charge in [0.25, 0.3) is 0 Å². The molecule has 9 nitrogen and oxygen atoms in total. The van der Waals surface area contributed by atoms with Crippen LogP contribution in [0, 0.1) is 0 Å². The lowest BCUT2D eigenvalue weighted by molar-refractivity contribution is 0.0697. The third-order valence-corrected chi connectivity index (χ3v) is 6.51. The Morgan fingerprint density at radius 3 is 2.58 bits per heavy atom. The van der Waals surface area contributed by atoms with Crippen LogP contribution >= 0.6 is 0 Å². The molecule has 0 aliphatic carbocycles. The SMILES string of the molecule is CN1CCN(c2ccc(-c3noc(C4CCCN4Cc4ccc(C(=O)O)cc4)n3)cn2)CC1. The molecule has 2 aliphatic rings. The molecular weight excluding hydrogens is 420 g/mol. The molecule has 5 rings (SSSR count). The molecule has 0 spiro atoms. The summed E-state index contributed by atoms with van der Waals surface area (Å²) < 4.78 is 5.66. The number of carbonyl (C=O) groups is 1. The van der Waals surface area contributed by atoms with Crippen LogP contribution in [0.1, 0.15) is 40.7 Å². The Balaban J connectivity index is 1.26. The predicted octanol–water partition coefficient (Wildman–Crippen LogP) is 2.92. The fraction of sp³-hybridized carbons (Fsp3) is 0.417. The van der Waals surface area contributed by atoms with Crippen molar-refractivity contribution in [1.29, 1.82) is 0 Å². The molecule has 0 amide bonds. The number of aromatic nitrogens is 3. The second-order valence-corrected chi connectivity index (χ2v) is 8.78. The van der Waals surface area contributed by atoms with Crippen molar-refractivity contribution in [1.82, 2.24) is 24.9 Å². The molecule has 0 bridgehead atoms. The largest absolute Gasteiger partial charge is 0.478 e. The first-order valence-electron chi connectivity index (χ1n) is 11.4. The minimum atomic E-state index is -0.912. The van der Waals surface area contributed by atoms with Crippen molar-refractivity contribution in [2.24, 2.45) is 0 Å². The van der Waals surface area contributed by atoms with Crippen LogP contribution in [0.4, 0.5) is 5.82 Å². The van der Waals surface area contributed by atoms with E-state index < -0.39 is 5.97 Å². The summed E-state index contributed by atoms with van der Waals surface area (Å²) in [5.74, 6) is 1.24. The molecular formula is C24H28N6O3. The zero-order chi connectivity index (χ0) is 22.8. The zero-order valence-electron chi connectivity index (χ0n) is 18.7. The molecule has 2 aromatic heterocycles. The number of anilines is 1. The summed E-state index contributed by atoms with van der Waals surface area (Å²) in [5, 5.41) is 13.3. The summed E-state index contributed by atoms with van der Waals surface area (Å²) >= 11 is 0. The number of carboxylic acids is 1. The van der Waals surface area contributed by atoms with Gasteiger partial charge in [-0.15, -0.1) is 0 Å². The summed E-state index contributed by atoms with van der Waals surface area (Å²) in [6.45, 7) is 5.68. The van der Waals surface area contributed by atoms with Crippen molar-refractivity contribution in [2.75, 3.05) is 44.7 Å². The van der Waals surface area contributed by atoms with Gasteiger partial charge in [0.2, 0.25) is 11.7 Å².